The maximum atomic E-state index is 5.93. The standard InChI is InChI=1S/C14H15ClN4S2/c15-13-4-3-12(21-13)8-20-14-17-9-19(10-18-14)7-11-2-1-5-16-6-11/h1-6H,7-10H2,(H,17,18). The number of hydrogen-bond donors (Lipinski definition) is 1. The lowest BCUT2D eigenvalue weighted by Gasteiger charge is -2.26. The Morgan fingerprint density at radius 3 is 3.00 bits per heavy atom. The molecule has 21 heavy (non-hydrogen) atoms. The van der Waals surface area contributed by atoms with E-state index in [-0.39, 0.29) is 0 Å². The monoisotopic (exact) mass is 338 g/mol. The van der Waals surface area contributed by atoms with Crippen LogP contribution in [0.4, 0.5) is 0 Å². The molecule has 2 aromatic heterocycles. The Balaban J connectivity index is 1.48. The number of rotatable bonds is 4. The summed E-state index contributed by atoms with van der Waals surface area (Å²) in [5.74, 6) is 0.909. The highest BCUT2D eigenvalue weighted by molar-refractivity contribution is 8.13. The fourth-order valence-corrected chi connectivity index (χ4v) is 3.96. The molecule has 0 aromatic carbocycles. The molecule has 0 unspecified atom stereocenters. The molecule has 0 saturated heterocycles. The number of thiophene rings is 1. The molecule has 0 fully saturated rings. The molecule has 110 valence electrons. The van der Waals surface area contributed by atoms with Gasteiger partial charge in [-0.05, 0) is 23.8 Å². The molecule has 7 heteroatoms. The molecule has 3 heterocycles. The Morgan fingerprint density at radius 1 is 1.38 bits per heavy atom. The number of pyridine rings is 1. The van der Waals surface area contributed by atoms with Crippen LogP contribution in [0.2, 0.25) is 4.34 Å². The second-order valence-corrected chi connectivity index (χ2v) is 7.39. The maximum absolute atomic E-state index is 5.93. The summed E-state index contributed by atoms with van der Waals surface area (Å²) in [6, 6.07) is 8.05. The van der Waals surface area contributed by atoms with Gasteiger partial charge in [-0.15, -0.1) is 11.3 Å². The first-order chi connectivity index (χ1) is 10.3. The van der Waals surface area contributed by atoms with Crippen LogP contribution >= 0.6 is 34.7 Å². The fourth-order valence-electron chi connectivity index (χ4n) is 1.97. The van der Waals surface area contributed by atoms with E-state index in [4.69, 9.17) is 11.6 Å². The molecule has 1 aliphatic rings. The third kappa shape index (κ3) is 4.44. The molecule has 0 spiro atoms. The highest BCUT2D eigenvalue weighted by atomic mass is 35.5. The lowest BCUT2D eigenvalue weighted by Crippen LogP contribution is -2.41. The number of halogens is 1. The molecule has 1 N–H and O–H groups in total. The summed E-state index contributed by atoms with van der Waals surface area (Å²) in [5.41, 5.74) is 1.21. The summed E-state index contributed by atoms with van der Waals surface area (Å²) in [7, 11) is 0. The first kappa shape index (κ1) is 14.8. The maximum Gasteiger partial charge on any atom is 0.159 e. The quantitative estimate of drug-likeness (QED) is 0.927. The summed E-state index contributed by atoms with van der Waals surface area (Å²) in [6.07, 6.45) is 3.69. The van der Waals surface area contributed by atoms with Gasteiger partial charge in [-0.1, -0.05) is 29.4 Å². The summed E-state index contributed by atoms with van der Waals surface area (Å²) in [6.45, 7) is 2.39. The van der Waals surface area contributed by atoms with Crippen molar-refractivity contribution >= 4 is 39.9 Å². The normalized spacial score (nSPS) is 15.6. The van der Waals surface area contributed by atoms with Crippen LogP contribution in [0, 0.1) is 0 Å². The number of nitrogens with zero attached hydrogens (tertiary/aromatic N) is 3. The van der Waals surface area contributed by atoms with Gasteiger partial charge in [0.15, 0.2) is 5.17 Å². The highest BCUT2D eigenvalue weighted by Gasteiger charge is 2.13. The van der Waals surface area contributed by atoms with Crippen LogP contribution in [0.3, 0.4) is 0 Å². The summed E-state index contributed by atoms with van der Waals surface area (Å²) in [4.78, 5) is 12.2. The van der Waals surface area contributed by atoms with Crippen LogP contribution in [0.25, 0.3) is 0 Å². The number of amidine groups is 1. The SMILES string of the molecule is Clc1ccc(CSC2=NCN(Cc3cccnc3)CN2)s1. The van der Waals surface area contributed by atoms with Gasteiger partial charge in [0, 0.05) is 29.6 Å². The number of nitrogens with one attached hydrogen (secondary N) is 1. The molecule has 0 bridgehead atoms. The molecule has 4 nitrogen and oxygen atoms in total. The van der Waals surface area contributed by atoms with E-state index in [9.17, 15) is 0 Å². The Morgan fingerprint density at radius 2 is 2.33 bits per heavy atom. The molecule has 0 atom stereocenters. The van der Waals surface area contributed by atoms with E-state index in [0.717, 1.165) is 35.1 Å². The Labute approximate surface area is 137 Å². The lowest BCUT2D eigenvalue weighted by molar-refractivity contribution is 0.258. The van der Waals surface area contributed by atoms with Gasteiger partial charge in [0.1, 0.15) is 0 Å². The predicted octanol–water partition coefficient (Wildman–Crippen LogP) is 3.41. The van der Waals surface area contributed by atoms with Gasteiger partial charge < -0.3 is 5.32 Å². The molecule has 0 amide bonds. The molecular formula is C14H15ClN4S2. The van der Waals surface area contributed by atoms with Gasteiger partial charge in [0.2, 0.25) is 0 Å². The number of hydrogen-bond acceptors (Lipinski definition) is 6. The van der Waals surface area contributed by atoms with Crippen molar-refractivity contribution in [1.82, 2.24) is 15.2 Å². The molecular weight excluding hydrogens is 324 g/mol. The predicted molar refractivity (Wildman–Crippen MR) is 90.7 cm³/mol. The van der Waals surface area contributed by atoms with Crippen LogP contribution in [0.5, 0.6) is 0 Å². The first-order valence-electron chi connectivity index (χ1n) is 6.56. The lowest BCUT2D eigenvalue weighted by atomic mass is 10.3. The van der Waals surface area contributed by atoms with E-state index < -0.39 is 0 Å². The van der Waals surface area contributed by atoms with Gasteiger partial charge >= 0.3 is 0 Å². The topological polar surface area (TPSA) is 40.5 Å². The highest BCUT2D eigenvalue weighted by Crippen LogP contribution is 2.25. The van der Waals surface area contributed by atoms with Crippen molar-refractivity contribution in [3.63, 3.8) is 0 Å². The largest absolute Gasteiger partial charge is 0.352 e. The average molecular weight is 339 g/mol. The van der Waals surface area contributed by atoms with Crippen LogP contribution in [-0.4, -0.2) is 28.4 Å². The zero-order chi connectivity index (χ0) is 14.5. The second-order valence-electron chi connectivity index (χ2n) is 4.62. The molecule has 3 rings (SSSR count). The summed E-state index contributed by atoms with van der Waals surface area (Å²) < 4.78 is 0.840. The van der Waals surface area contributed by atoms with Gasteiger partial charge in [-0.25, -0.2) is 4.99 Å². The van der Waals surface area contributed by atoms with Crippen molar-refractivity contribution in [3.8, 4) is 0 Å². The molecule has 0 radical (unpaired) electrons. The van der Waals surface area contributed by atoms with Gasteiger partial charge in [-0.3, -0.25) is 9.88 Å². The van der Waals surface area contributed by atoms with E-state index in [1.54, 1.807) is 29.3 Å². The summed E-state index contributed by atoms with van der Waals surface area (Å²) in [5, 5.41) is 4.36. The van der Waals surface area contributed by atoms with Crippen molar-refractivity contribution in [2.45, 2.75) is 12.3 Å². The minimum absolute atomic E-state index is 0.718. The average Bonchev–Trinajstić information content (AvgIpc) is 2.93. The first-order valence-corrected chi connectivity index (χ1v) is 8.74. The van der Waals surface area contributed by atoms with Crippen molar-refractivity contribution in [2.24, 2.45) is 4.99 Å². The Hall–Kier alpha value is -1.08. The fraction of sp³-hybridized carbons (Fsp3) is 0.286. The minimum atomic E-state index is 0.718. The van der Waals surface area contributed by atoms with Gasteiger partial charge in [-0.2, -0.15) is 0 Å². The van der Waals surface area contributed by atoms with Crippen molar-refractivity contribution < 1.29 is 0 Å². The molecule has 0 aliphatic carbocycles. The van der Waals surface area contributed by atoms with E-state index in [2.05, 4.69) is 32.3 Å². The van der Waals surface area contributed by atoms with E-state index in [1.807, 2.05) is 18.3 Å². The van der Waals surface area contributed by atoms with E-state index >= 15 is 0 Å². The summed E-state index contributed by atoms with van der Waals surface area (Å²) >= 11 is 9.28. The second kappa shape index (κ2) is 7.26. The van der Waals surface area contributed by atoms with Crippen LogP contribution in [0.15, 0.2) is 41.7 Å². The van der Waals surface area contributed by atoms with Crippen molar-refractivity contribution in [2.75, 3.05) is 13.3 Å². The van der Waals surface area contributed by atoms with Crippen LogP contribution < -0.4 is 5.32 Å². The van der Waals surface area contributed by atoms with E-state index in [1.165, 1.54) is 10.4 Å². The number of thioether (sulfide) groups is 1. The Kier molecular flexibility index (Phi) is 5.13. The molecule has 1 aliphatic heterocycles. The smallest absolute Gasteiger partial charge is 0.159 e. The third-order valence-electron chi connectivity index (χ3n) is 2.98. The van der Waals surface area contributed by atoms with Crippen molar-refractivity contribution in [1.29, 1.82) is 0 Å². The number of aromatic nitrogens is 1. The zero-order valence-electron chi connectivity index (χ0n) is 11.3. The third-order valence-corrected chi connectivity index (χ3v) is 5.39. The van der Waals surface area contributed by atoms with Crippen molar-refractivity contribution in [3.05, 3.63) is 51.4 Å². The molecule has 2 aromatic rings. The van der Waals surface area contributed by atoms with Gasteiger partial charge in [0.25, 0.3) is 0 Å². The Bertz CT molecular complexity index is 614. The zero-order valence-corrected chi connectivity index (χ0v) is 13.7. The molecule has 0 saturated carbocycles. The van der Waals surface area contributed by atoms with E-state index in [0.29, 0.717) is 0 Å². The van der Waals surface area contributed by atoms with Crippen LogP contribution in [0.1, 0.15) is 10.4 Å². The minimum Gasteiger partial charge on any atom is -0.352 e. The van der Waals surface area contributed by atoms with Crippen LogP contribution in [-0.2, 0) is 12.3 Å². The van der Waals surface area contributed by atoms with Gasteiger partial charge in [0.05, 0.1) is 17.7 Å². The number of aliphatic imine (C=N–C) groups is 1.